The third kappa shape index (κ3) is 2.85. The molecule has 0 amide bonds. The second kappa shape index (κ2) is 5.57. The predicted octanol–water partition coefficient (Wildman–Crippen LogP) is 2.98. The minimum absolute atomic E-state index is 0.0475. The summed E-state index contributed by atoms with van der Waals surface area (Å²) in [6.07, 6.45) is 0.282. The van der Waals surface area contributed by atoms with Gasteiger partial charge in [0.05, 0.1) is 11.1 Å². The molecule has 0 spiro atoms. The quantitative estimate of drug-likeness (QED) is 0.895. The first-order valence-corrected chi connectivity index (χ1v) is 6.13. The number of carboxylic acid groups (broad SMARTS) is 2. The van der Waals surface area contributed by atoms with E-state index in [2.05, 4.69) is 0 Å². The van der Waals surface area contributed by atoms with Gasteiger partial charge in [-0.15, -0.1) is 0 Å². The Balaban J connectivity index is 2.59. The molecule has 20 heavy (non-hydrogen) atoms. The lowest BCUT2D eigenvalue weighted by molar-refractivity contribution is 0.0695. The maximum Gasteiger partial charge on any atom is 0.336 e. The van der Waals surface area contributed by atoms with Gasteiger partial charge < -0.3 is 10.2 Å². The molecule has 0 bridgehead atoms. The summed E-state index contributed by atoms with van der Waals surface area (Å²) in [4.78, 5) is 22.7. The van der Waals surface area contributed by atoms with Crippen molar-refractivity contribution in [3.63, 3.8) is 0 Å². The average molecular weight is 270 g/mol. The van der Waals surface area contributed by atoms with E-state index in [-0.39, 0.29) is 17.5 Å². The fourth-order valence-electron chi connectivity index (χ4n) is 2.19. The van der Waals surface area contributed by atoms with Crippen LogP contribution in [0.4, 0.5) is 0 Å². The van der Waals surface area contributed by atoms with Crippen molar-refractivity contribution < 1.29 is 19.8 Å². The van der Waals surface area contributed by atoms with Crippen LogP contribution in [0, 0.1) is 6.92 Å². The molecule has 0 aliphatic carbocycles. The maximum atomic E-state index is 11.3. The van der Waals surface area contributed by atoms with Crippen molar-refractivity contribution in [3.8, 4) is 0 Å². The van der Waals surface area contributed by atoms with Gasteiger partial charge in [0.25, 0.3) is 0 Å². The van der Waals surface area contributed by atoms with Gasteiger partial charge in [-0.25, -0.2) is 9.59 Å². The highest BCUT2D eigenvalue weighted by Gasteiger charge is 2.19. The molecule has 2 aromatic rings. The fraction of sp³-hybridized carbons (Fsp3) is 0.125. The first kappa shape index (κ1) is 13.8. The monoisotopic (exact) mass is 270 g/mol. The summed E-state index contributed by atoms with van der Waals surface area (Å²) < 4.78 is 0. The van der Waals surface area contributed by atoms with Crippen LogP contribution in [0.15, 0.2) is 42.5 Å². The smallest absolute Gasteiger partial charge is 0.336 e. The molecule has 0 atom stereocenters. The molecule has 0 aromatic heterocycles. The Bertz CT molecular complexity index is 624. The van der Waals surface area contributed by atoms with Crippen molar-refractivity contribution in [1.29, 1.82) is 0 Å². The van der Waals surface area contributed by atoms with Gasteiger partial charge in [0.2, 0.25) is 0 Å². The minimum Gasteiger partial charge on any atom is -0.478 e. The molecule has 2 N–H and O–H groups in total. The molecule has 4 heteroatoms. The first-order chi connectivity index (χ1) is 9.49. The molecule has 102 valence electrons. The summed E-state index contributed by atoms with van der Waals surface area (Å²) >= 11 is 0. The Morgan fingerprint density at radius 3 is 1.90 bits per heavy atom. The Kier molecular flexibility index (Phi) is 3.84. The number of carbonyl (C=O) groups is 2. The molecular weight excluding hydrogens is 256 g/mol. The molecule has 0 unspecified atom stereocenters. The van der Waals surface area contributed by atoms with Crippen molar-refractivity contribution >= 4 is 11.9 Å². The van der Waals surface area contributed by atoms with Gasteiger partial charge in [-0.1, -0.05) is 30.3 Å². The lowest BCUT2D eigenvalue weighted by Gasteiger charge is -2.11. The van der Waals surface area contributed by atoms with Gasteiger partial charge in [-0.2, -0.15) is 0 Å². The molecule has 2 aromatic carbocycles. The Labute approximate surface area is 116 Å². The number of hydrogen-bond donors (Lipinski definition) is 2. The summed E-state index contributed by atoms with van der Waals surface area (Å²) in [5.74, 6) is -2.22. The van der Waals surface area contributed by atoms with E-state index in [4.69, 9.17) is 0 Å². The van der Waals surface area contributed by atoms with E-state index in [0.717, 1.165) is 5.56 Å². The molecule has 0 saturated heterocycles. The van der Waals surface area contributed by atoms with Crippen LogP contribution in [0.2, 0.25) is 0 Å². The van der Waals surface area contributed by atoms with Crippen molar-refractivity contribution in [1.82, 2.24) is 0 Å². The van der Waals surface area contributed by atoms with Crippen LogP contribution < -0.4 is 0 Å². The normalized spacial score (nSPS) is 10.2. The summed E-state index contributed by atoms with van der Waals surface area (Å²) in [6.45, 7) is 1.69. The second-order valence-electron chi connectivity index (χ2n) is 4.61. The number of carboxylic acids is 2. The Hall–Kier alpha value is -2.62. The third-order valence-corrected chi connectivity index (χ3v) is 3.08. The maximum absolute atomic E-state index is 11.3. The van der Waals surface area contributed by atoms with Gasteiger partial charge in [-0.05, 0) is 42.2 Å². The topological polar surface area (TPSA) is 74.6 Å². The van der Waals surface area contributed by atoms with E-state index < -0.39 is 11.9 Å². The second-order valence-corrected chi connectivity index (χ2v) is 4.61. The number of aromatic carboxylic acids is 2. The highest BCUT2D eigenvalue weighted by atomic mass is 16.4. The Morgan fingerprint density at radius 1 is 0.950 bits per heavy atom. The average Bonchev–Trinajstić information content (AvgIpc) is 2.41. The van der Waals surface area contributed by atoms with Gasteiger partial charge in [0.1, 0.15) is 0 Å². The highest BCUT2D eigenvalue weighted by molar-refractivity contribution is 5.97. The molecular formula is C16H14O4. The van der Waals surface area contributed by atoms with Crippen molar-refractivity contribution in [3.05, 3.63) is 70.3 Å². The van der Waals surface area contributed by atoms with E-state index in [1.54, 1.807) is 6.92 Å². The van der Waals surface area contributed by atoms with Crippen LogP contribution in [0.3, 0.4) is 0 Å². The zero-order valence-electron chi connectivity index (χ0n) is 11.0. The molecule has 2 rings (SSSR count). The SMILES string of the molecule is Cc1cc(C(=O)O)c(Cc2ccccc2)c(C(=O)O)c1. The molecule has 0 radical (unpaired) electrons. The molecule has 0 aliphatic heterocycles. The summed E-state index contributed by atoms with van der Waals surface area (Å²) in [6, 6.07) is 12.2. The minimum atomic E-state index is -1.11. The number of hydrogen-bond acceptors (Lipinski definition) is 2. The number of aryl methyl sites for hydroxylation is 1. The highest BCUT2D eigenvalue weighted by Crippen LogP contribution is 2.21. The van der Waals surface area contributed by atoms with Crippen molar-refractivity contribution in [2.24, 2.45) is 0 Å². The first-order valence-electron chi connectivity index (χ1n) is 6.13. The van der Waals surface area contributed by atoms with E-state index in [1.807, 2.05) is 30.3 Å². The van der Waals surface area contributed by atoms with E-state index in [1.165, 1.54) is 12.1 Å². The van der Waals surface area contributed by atoms with E-state index in [0.29, 0.717) is 11.1 Å². The van der Waals surface area contributed by atoms with Gasteiger partial charge in [0, 0.05) is 0 Å². The summed E-state index contributed by atoms with van der Waals surface area (Å²) in [5, 5.41) is 18.6. The molecule has 0 heterocycles. The zero-order chi connectivity index (χ0) is 14.7. The Morgan fingerprint density at radius 2 is 1.45 bits per heavy atom. The van der Waals surface area contributed by atoms with Crippen LogP contribution >= 0.6 is 0 Å². The standard InChI is InChI=1S/C16H14O4/c1-10-7-13(15(17)18)12(14(8-10)16(19)20)9-11-5-3-2-4-6-11/h2-8H,9H2,1H3,(H,17,18)(H,19,20). The lowest BCUT2D eigenvalue weighted by atomic mass is 9.93. The molecule has 0 aliphatic rings. The van der Waals surface area contributed by atoms with Crippen LogP contribution in [0.1, 0.15) is 37.4 Å². The summed E-state index contributed by atoms with van der Waals surface area (Å²) in [5.41, 5.74) is 1.93. The fourth-order valence-corrected chi connectivity index (χ4v) is 2.19. The largest absolute Gasteiger partial charge is 0.478 e. The van der Waals surface area contributed by atoms with Crippen molar-refractivity contribution in [2.75, 3.05) is 0 Å². The van der Waals surface area contributed by atoms with Crippen LogP contribution in [0.5, 0.6) is 0 Å². The molecule has 4 nitrogen and oxygen atoms in total. The zero-order valence-corrected chi connectivity index (χ0v) is 11.0. The predicted molar refractivity (Wildman–Crippen MR) is 74.3 cm³/mol. The van der Waals surface area contributed by atoms with Gasteiger partial charge >= 0.3 is 11.9 Å². The molecule has 0 saturated carbocycles. The van der Waals surface area contributed by atoms with Gasteiger partial charge in [-0.3, -0.25) is 0 Å². The number of rotatable bonds is 4. The van der Waals surface area contributed by atoms with Crippen LogP contribution in [0.25, 0.3) is 0 Å². The molecule has 0 fully saturated rings. The van der Waals surface area contributed by atoms with E-state index >= 15 is 0 Å². The summed E-state index contributed by atoms with van der Waals surface area (Å²) in [7, 11) is 0. The number of benzene rings is 2. The van der Waals surface area contributed by atoms with Crippen LogP contribution in [-0.4, -0.2) is 22.2 Å². The van der Waals surface area contributed by atoms with Gasteiger partial charge in [0.15, 0.2) is 0 Å². The van der Waals surface area contributed by atoms with Crippen molar-refractivity contribution in [2.45, 2.75) is 13.3 Å². The third-order valence-electron chi connectivity index (χ3n) is 3.08. The van der Waals surface area contributed by atoms with Crippen LogP contribution in [-0.2, 0) is 6.42 Å². The van der Waals surface area contributed by atoms with E-state index in [9.17, 15) is 19.8 Å². The lowest BCUT2D eigenvalue weighted by Crippen LogP contribution is -2.11.